The minimum Gasteiger partial charge on any atom is -0.393 e. The zero-order valence-corrected chi connectivity index (χ0v) is 9.56. The van der Waals surface area contributed by atoms with Crippen LogP contribution in [0.4, 0.5) is 0 Å². The van der Waals surface area contributed by atoms with E-state index in [0.29, 0.717) is 11.0 Å². The van der Waals surface area contributed by atoms with Gasteiger partial charge in [0.15, 0.2) is 0 Å². The molecule has 0 aliphatic rings. The Bertz CT molecular complexity index is 153. The summed E-state index contributed by atoms with van der Waals surface area (Å²) in [5.74, 6) is 0. The molecule has 0 saturated heterocycles. The number of ether oxygens (including phenoxy) is 1. The van der Waals surface area contributed by atoms with Crippen molar-refractivity contribution in [2.45, 2.75) is 25.8 Å². The monoisotopic (exact) mass is 204 g/mol. The first-order valence-corrected chi connectivity index (χ1v) is 4.96. The first-order valence-electron chi connectivity index (χ1n) is 4.55. The molecule has 1 atom stereocenters. The number of hydrogen-bond acceptors (Lipinski definition) is 3. The molecule has 0 fully saturated rings. The highest BCUT2D eigenvalue weighted by Gasteiger charge is 2.08. The molecule has 0 aromatic rings. The van der Waals surface area contributed by atoms with Crippen LogP contribution in [0.1, 0.15) is 19.8 Å². The third-order valence-electron chi connectivity index (χ3n) is 2.20. The highest BCUT2D eigenvalue weighted by atomic mass is 32.1. The maximum atomic E-state index is 5.42. The van der Waals surface area contributed by atoms with Gasteiger partial charge in [-0.25, -0.2) is 0 Å². The van der Waals surface area contributed by atoms with Crippen molar-refractivity contribution in [1.82, 2.24) is 4.90 Å². The van der Waals surface area contributed by atoms with Gasteiger partial charge in [-0.1, -0.05) is 12.2 Å². The Kier molecular flexibility index (Phi) is 7.13. The summed E-state index contributed by atoms with van der Waals surface area (Å²) in [6.45, 7) is 3.91. The lowest BCUT2D eigenvalue weighted by molar-refractivity contribution is 0.154. The molecule has 4 heteroatoms. The SMILES string of the molecule is COCCC(C)N(C)CCC(N)=S. The Morgan fingerprint density at radius 2 is 2.23 bits per heavy atom. The van der Waals surface area contributed by atoms with Crippen LogP contribution < -0.4 is 5.73 Å². The Morgan fingerprint density at radius 1 is 1.62 bits per heavy atom. The molecule has 13 heavy (non-hydrogen) atoms. The van der Waals surface area contributed by atoms with Crippen LogP contribution >= 0.6 is 12.2 Å². The number of nitrogens with two attached hydrogens (primary N) is 1. The van der Waals surface area contributed by atoms with E-state index in [1.54, 1.807) is 7.11 Å². The third-order valence-corrected chi connectivity index (χ3v) is 2.41. The second-order valence-corrected chi connectivity index (χ2v) is 3.85. The van der Waals surface area contributed by atoms with E-state index in [2.05, 4.69) is 18.9 Å². The molecule has 0 amide bonds. The largest absolute Gasteiger partial charge is 0.393 e. The van der Waals surface area contributed by atoms with Gasteiger partial charge >= 0.3 is 0 Å². The van der Waals surface area contributed by atoms with Crippen molar-refractivity contribution in [2.75, 3.05) is 27.3 Å². The molecule has 0 aliphatic carbocycles. The first kappa shape index (κ1) is 12.8. The molecule has 3 nitrogen and oxygen atoms in total. The third kappa shape index (κ3) is 6.93. The minimum atomic E-state index is 0.522. The smallest absolute Gasteiger partial charge is 0.0740 e. The number of thiocarbonyl (C=S) groups is 1. The molecule has 0 aliphatic heterocycles. The highest BCUT2D eigenvalue weighted by molar-refractivity contribution is 7.80. The van der Waals surface area contributed by atoms with Gasteiger partial charge in [-0.2, -0.15) is 0 Å². The van der Waals surface area contributed by atoms with Crippen LogP contribution in [0, 0.1) is 0 Å². The summed E-state index contributed by atoms with van der Waals surface area (Å²) in [7, 11) is 3.81. The van der Waals surface area contributed by atoms with Crippen LogP contribution in [-0.4, -0.2) is 43.2 Å². The zero-order valence-electron chi connectivity index (χ0n) is 8.75. The van der Waals surface area contributed by atoms with E-state index in [1.807, 2.05) is 0 Å². The van der Waals surface area contributed by atoms with Gasteiger partial charge in [0, 0.05) is 32.7 Å². The van der Waals surface area contributed by atoms with Crippen molar-refractivity contribution in [2.24, 2.45) is 5.73 Å². The Hall–Kier alpha value is -0.190. The summed E-state index contributed by atoms with van der Waals surface area (Å²) < 4.78 is 5.01. The number of hydrogen-bond donors (Lipinski definition) is 1. The Morgan fingerprint density at radius 3 is 2.69 bits per heavy atom. The lowest BCUT2D eigenvalue weighted by atomic mass is 10.2. The molecule has 78 valence electrons. The van der Waals surface area contributed by atoms with Crippen molar-refractivity contribution in [1.29, 1.82) is 0 Å². The summed E-state index contributed by atoms with van der Waals surface area (Å²) in [5.41, 5.74) is 5.42. The zero-order chi connectivity index (χ0) is 10.3. The van der Waals surface area contributed by atoms with Crippen molar-refractivity contribution in [3.63, 3.8) is 0 Å². The second kappa shape index (κ2) is 7.24. The summed E-state index contributed by atoms with van der Waals surface area (Å²) in [4.78, 5) is 2.84. The average molecular weight is 204 g/mol. The van der Waals surface area contributed by atoms with Gasteiger partial charge in [0.05, 0.1) is 4.99 Å². The average Bonchev–Trinajstić information content (AvgIpc) is 2.10. The summed E-state index contributed by atoms with van der Waals surface area (Å²) in [6, 6.07) is 0.522. The van der Waals surface area contributed by atoms with E-state index in [-0.39, 0.29) is 0 Å². The van der Waals surface area contributed by atoms with E-state index >= 15 is 0 Å². The minimum absolute atomic E-state index is 0.522. The molecule has 0 rings (SSSR count). The van der Waals surface area contributed by atoms with Gasteiger partial charge in [0.2, 0.25) is 0 Å². The number of nitrogens with zero attached hydrogens (tertiary/aromatic N) is 1. The van der Waals surface area contributed by atoms with Crippen LogP contribution in [0.5, 0.6) is 0 Å². The molecule has 0 aromatic heterocycles. The normalized spacial score (nSPS) is 13.2. The molecule has 0 aromatic carbocycles. The van der Waals surface area contributed by atoms with Crippen molar-refractivity contribution < 1.29 is 4.74 Å². The molecule has 0 heterocycles. The van der Waals surface area contributed by atoms with Crippen LogP contribution in [0.2, 0.25) is 0 Å². The van der Waals surface area contributed by atoms with Gasteiger partial charge in [-0.3, -0.25) is 0 Å². The van der Waals surface area contributed by atoms with Crippen LogP contribution in [0.15, 0.2) is 0 Å². The molecule has 1 unspecified atom stereocenters. The standard InChI is InChI=1S/C9H20N2OS/c1-8(5-7-12-3)11(2)6-4-9(10)13/h8H,4-7H2,1-3H3,(H2,10,13). The number of methoxy groups -OCH3 is 1. The highest BCUT2D eigenvalue weighted by Crippen LogP contribution is 2.01. The van der Waals surface area contributed by atoms with Gasteiger partial charge in [0.25, 0.3) is 0 Å². The van der Waals surface area contributed by atoms with Crippen LogP contribution in [0.25, 0.3) is 0 Å². The summed E-state index contributed by atoms with van der Waals surface area (Å²) in [6.07, 6.45) is 1.84. The van der Waals surface area contributed by atoms with E-state index in [1.165, 1.54) is 0 Å². The predicted molar refractivity (Wildman–Crippen MR) is 60.0 cm³/mol. The van der Waals surface area contributed by atoms with E-state index in [4.69, 9.17) is 22.7 Å². The van der Waals surface area contributed by atoms with Crippen LogP contribution in [0.3, 0.4) is 0 Å². The predicted octanol–water partition coefficient (Wildman–Crippen LogP) is 1.02. The van der Waals surface area contributed by atoms with Crippen molar-refractivity contribution in [3.8, 4) is 0 Å². The Labute approximate surface area is 86.2 Å². The molecule has 2 N–H and O–H groups in total. The maximum absolute atomic E-state index is 5.42. The molecule has 0 saturated carbocycles. The molecule has 0 bridgehead atoms. The summed E-state index contributed by atoms with van der Waals surface area (Å²) >= 11 is 4.81. The maximum Gasteiger partial charge on any atom is 0.0740 e. The number of rotatable bonds is 7. The topological polar surface area (TPSA) is 38.5 Å². The summed E-state index contributed by atoms with van der Waals surface area (Å²) in [5, 5.41) is 0. The molecular weight excluding hydrogens is 184 g/mol. The fourth-order valence-electron chi connectivity index (χ4n) is 1.02. The van der Waals surface area contributed by atoms with E-state index < -0.39 is 0 Å². The molecular formula is C9H20N2OS. The first-order chi connectivity index (χ1) is 6.07. The Balaban J connectivity index is 3.56. The van der Waals surface area contributed by atoms with Crippen molar-refractivity contribution in [3.05, 3.63) is 0 Å². The molecule has 0 spiro atoms. The lowest BCUT2D eigenvalue weighted by Crippen LogP contribution is -2.32. The molecule has 0 radical (unpaired) electrons. The fourth-order valence-corrected chi connectivity index (χ4v) is 1.11. The fraction of sp³-hybridized carbons (Fsp3) is 0.889. The van der Waals surface area contributed by atoms with Gasteiger partial charge in [0.1, 0.15) is 0 Å². The van der Waals surface area contributed by atoms with Gasteiger partial charge < -0.3 is 15.4 Å². The van der Waals surface area contributed by atoms with E-state index in [9.17, 15) is 0 Å². The van der Waals surface area contributed by atoms with Gasteiger partial charge in [-0.15, -0.1) is 0 Å². The van der Waals surface area contributed by atoms with E-state index in [0.717, 1.165) is 26.0 Å². The van der Waals surface area contributed by atoms with Gasteiger partial charge in [-0.05, 0) is 20.4 Å². The lowest BCUT2D eigenvalue weighted by Gasteiger charge is -2.24. The second-order valence-electron chi connectivity index (χ2n) is 3.33. The van der Waals surface area contributed by atoms with Crippen molar-refractivity contribution >= 4 is 17.2 Å². The quantitative estimate of drug-likeness (QED) is 0.628. The van der Waals surface area contributed by atoms with Crippen LogP contribution in [-0.2, 0) is 4.74 Å².